The average molecular weight is 341 g/mol. The molecule has 0 unspecified atom stereocenters. The molecule has 0 saturated carbocycles. The Morgan fingerprint density at radius 1 is 1.24 bits per heavy atom. The van der Waals surface area contributed by atoms with E-state index in [4.69, 9.17) is 0 Å². The van der Waals surface area contributed by atoms with E-state index in [1.54, 1.807) is 47.3 Å². The fourth-order valence-corrected chi connectivity index (χ4v) is 3.04. The van der Waals surface area contributed by atoms with Crippen LogP contribution in [0.4, 0.5) is 5.69 Å². The molecule has 0 saturated heterocycles. The molecule has 25 heavy (non-hydrogen) atoms. The summed E-state index contributed by atoms with van der Waals surface area (Å²) in [5.74, 6) is 0.499. The minimum absolute atomic E-state index is 0.0203. The van der Waals surface area contributed by atoms with E-state index in [0.717, 1.165) is 5.39 Å². The second-order valence-electron chi connectivity index (χ2n) is 5.89. The van der Waals surface area contributed by atoms with Crippen LogP contribution in [0.5, 0.6) is 0 Å². The highest BCUT2D eigenvalue weighted by Gasteiger charge is 2.26. The van der Waals surface area contributed by atoms with Crippen LogP contribution >= 0.6 is 0 Å². The van der Waals surface area contributed by atoms with Gasteiger partial charge < -0.3 is 0 Å². The lowest BCUT2D eigenvalue weighted by molar-refractivity contribution is -0.386. The first kappa shape index (κ1) is 15.2. The molecule has 0 N–H and O–H groups in total. The zero-order valence-electron chi connectivity index (χ0n) is 14.1. The van der Waals surface area contributed by atoms with Gasteiger partial charge in [-0.05, 0) is 20.8 Å². The van der Waals surface area contributed by atoms with Crippen LogP contribution < -0.4 is 0 Å². The number of nitro groups is 1. The van der Waals surface area contributed by atoms with E-state index < -0.39 is 4.92 Å². The van der Waals surface area contributed by atoms with Crippen LogP contribution in [0.15, 0.2) is 12.5 Å². The number of aromatic nitrogens is 8. The lowest BCUT2D eigenvalue weighted by Gasteiger charge is -2.09. The van der Waals surface area contributed by atoms with Crippen molar-refractivity contribution in [3.05, 3.63) is 39.9 Å². The van der Waals surface area contributed by atoms with Crippen LogP contribution in [0.25, 0.3) is 16.7 Å². The van der Waals surface area contributed by atoms with Crippen molar-refractivity contribution in [2.75, 3.05) is 0 Å². The molecule has 0 aliphatic rings. The van der Waals surface area contributed by atoms with E-state index in [9.17, 15) is 10.1 Å². The Morgan fingerprint density at radius 2 is 2.00 bits per heavy atom. The largest absolute Gasteiger partial charge is 0.312 e. The van der Waals surface area contributed by atoms with Crippen molar-refractivity contribution in [3.8, 4) is 0 Å². The summed E-state index contributed by atoms with van der Waals surface area (Å²) in [5.41, 5.74) is 2.21. The van der Waals surface area contributed by atoms with Crippen LogP contribution in [0.3, 0.4) is 0 Å². The number of rotatable bonds is 3. The van der Waals surface area contributed by atoms with Gasteiger partial charge in [-0.3, -0.25) is 19.5 Å². The van der Waals surface area contributed by atoms with E-state index in [0.29, 0.717) is 28.5 Å². The average Bonchev–Trinajstić information content (AvgIpc) is 3.22. The number of hydrogen-bond donors (Lipinski definition) is 0. The van der Waals surface area contributed by atoms with Gasteiger partial charge in [-0.1, -0.05) is 0 Å². The van der Waals surface area contributed by atoms with Crippen LogP contribution in [-0.4, -0.2) is 44.1 Å². The molecule has 4 rings (SSSR count). The molecule has 4 aromatic rings. The highest BCUT2D eigenvalue weighted by atomic mass is 16.6. The Morgan fingerprint density at radius 3 is 2.68 bits per heavy atom. The first-order valence-electron chi connectivity index (χ1n) is 7.61. The van der Waals surface area contributed by atoms with Crippen molar-refractivity contribution >= 4 is 22.4 Å². The molecular weight excluding hydrogens is 326 g/mol. The molecule has 11 heteroatoms. The predicted octanol–water partition coefficient (Wildman–Crippen LogP) is 1.34. The van der Waals surface area contributed by atoms with Gasteiger partial charge in [-0.2, -0.15) is 10.2 Å². The molecule has 0 fully saturated rings. The van der Waals surface area contributed by atoms with Crippen LogP contribution in [0, 0.1) is 24.0 Å². The Bertz CT molecular complexity index is 1140. The summed E-state index contributed by atoms with van der Waals surface area (Å²) >= 11 is 0. The maximum Gasteiger partial charge on any atom is 0.312 e. The third-order valence-corrected chi connectivity index (χ3v) is 4.30. The first-order valence-corrected chi connectivity index (χ1v) is 7.61. The number of aryl methyl sites for hydroxylation is 2. The van der Waals surface area contributed by atoms with E-state index in [-0.39, 0.29) is 11.7 Å². The molecule has 128 valence electrons. The van der Waals surface area contributed by atoms with Crippen LogP contribution in [-0.2, 0) is 7.05 Å². The zero-order chi connectivity index (χ0) is 17.9. The Hall–Kier alpha value is -3.37. The molecule has 0 amide bonds. The molecule has 0 bridgehead atoms. The van der Waals surface area contributed by atoms with Crippen molar-refractivity contribution in [1.82, 2.24) is 39.1 Å². The van der Waals surface area contributed by atoms with Gasteiger partial charge in [0.15, 0.2) is 17.1 Å². The van der Waals surface area contributed by atoms with Crippen molar-refractivity contribution in [2.24, 2.45) is 7.05 Å². The Balaban J connectivity index is 1.86. The highest BCUT2D eigenvalue weighted by molar-refractivity contribution is 5.88. The molecule has 0 aliphatic heterocycles. The molecule has 1 atom stereocenters. The number of fused-ring (bicyclic) bond motifs is 3. The SMILES string of the molecule is Cc1nn([C@@H](C)c2nc3c4cnn(C)c4ncn3n2)c(C)c1[N+](=O)[O-]. The molecule has 0 aromatic carbocycles. The summed E-state index contributed by atoms with van der Waals surface area (Å²) in [6, 6.07) is -0.362. The third kappa shape index (κ3) is 2.08. The normalized spacial score (nSPS) is 13.0. The van der Waals surface area contributed by atoms with Crippen LogP contribution in [0.1, 0.15) is 30.2 Å². The molecule has 4 heterocycles. The molecular formula is C14H15N9O2. The van der Waals surface area contributed by atoms with Crippen molar-refractivity contribution < 1.29 is 4.92 Å². The first-order chi connectivity index (χ1) is 11.9. The standard InChI is InChI=1S/C14H15N9O2/c1-7-11(23(24)25)8(2)22(18-7)9(3)12-17-14-10-5-16-20(4)13(10)15-6-21(14)19-12/h5-6,9H,1-4H3/t9-/m0/s1. The lowest BCUT2D eigenvalue weighted by atomic mass is 10.3. The Kier molecular flexibility index (Phi) is 3.07. The summed E-state index contributed by atoms with van der Waals surface area (Å²) in [5, 5.41) is 24.9. The van der Waals surface area contributed by atoms with E-state index >= 15 is 0 Å². The van der Waals surface area contributed by atoms with Gasteiger partial charge in [0.1, 0.15) is 23.8 Å². The molecule has 0 radical (unpaired) electrons. The monoisotopic (exact) mass is 341 g/mol. The molecule has 11 nitrogen and oxygen atoms in total. The second-order valence-corrected chi connectivity index (χ2v) is 5.89. The molecule has 0 spiro atoms. The van der Waals surface area contributed by atoms with Gasteiger partial charge >= 0.3 is 5.69 Å². The minimum atomic E-state index is -0.416. The van der Waals surface area contributed by atoms with E-state index in [1.807, 2.05) is 6.92 Å². The van der Waals surface area contributed by atoms with Gasteiger partial charge in [0.25, 0.3) is 0 Å². The lowest BCUT2D eigenvalue weighted by Crippen LogP contribution is -2.12. The van der Waals surface area contributed by atoms with E-state index in [1.165, 1.54) is 0 Å². The summed E-state index contributed by atoms with van der Waals surface area (Å²) < 4.78 is 4.82. The topological polar surface area (TPSA) is 122 Å². The maximum absolute atomic E-state index is 11.2. The zero-order valence-corrected chi connectivity index (χ0v) is 14.1. The third-order valence-electron chi connectivity index (χ3n) is 4.30. The predicted molar refractivity (Wildman–Crippen MR) is 87.2 cm³/mol. The van der Waals surface area contributed by atoms with Crippen molar-refractivity contribution in [1.29, 1.82) is 0 Å². The van der Waals surface area contributed by atoms with E-state index in [2.05, 4.69) is 25.3 Å². The van der Waals surface area contributed by atoms with Crippen LogP contribution in [0.2, 0.25) is 0 Å². The molecule has 0 aliphatic carbocycles. The van der Waals surface area contributed by atoms with Crippen molar-refractivity contribution in [2.45, 2.75) is 26.8 Å². The summed E-state index contributed by atoms with van der Waals surface area (Å²) in [6.45, 7) is 5.14. The maximum atomic E-state index is 11.2. The van der Waals surface area contributed by atoms with Gasteiger partial charge in [0.2, 0.25) is 0 Å². The van der Waals surface area contributed by atoms with Gasteiger partial charge in [-0.15, -0.1) is 5.10 Å². The highest BCUT2D eigenvalue weighted by Crippen LogP contribution is 2.27. The molecule has 4 aromatic heterocycles. The number of nitrogens with zero attached hydrogens (tertiary/aromatic N) is 9. The fourth-order valence-electron chi connectivity index (χ4n) is 3.04. The Labute approximate surface area is 141 Å². The fraction of sp³-hybridized carbons (Fsp3) is 0.357. The van der Waals surface area contributed by atoms with Gasteiger partial charge in [-0.25, -0.2) is 14.5 Å². The number of hydrogen-bond acceptors (Lipinski definition) is 7. The second kappa shape index (κ2) is 5.06. The summed E-state index contributed by atoms with van der Waals surface area (Å²) in [6.07, 6.45) is 3.27. The summed E-state index contributed by atoms with van der Waals surface area (Å²) in [7, 11) is 1.81. The van der Waals surface area contributed by atoms with Gasteiger partial charge in [0.05, 0.1) is 16.5 Å². The smallest absolute Gasteiger partial charge is 0.258 e. The minimum Gasteiger partial charge on any atom is -0.258 e. The van der Waals surface area contributed by atoms with Gasteiger partial charge in [0, 0.05) is 7.05 Å². The quantitative estimate of drug-likeness (QED) is 0.407. The van der Waals surface area contributed by atoms with Crippen molar-refractivity contribution in [3.63, 3.8) is 0 Å². The summed E-state index contributed by atoms with van der Waals surface area (Å²) in [4.78, 5) is 19.7.